The van der Waals surface area contributed by atoms with Crippen LogP contribution in [0.2, 0.25) is 0 Å². The number of nitrogens with two attached hydrogens (primary N) is 1. The predicted molar refractivity (Wildman–Crippen MR) is 71.5 cm³/mol. The lowest BCUT2D eigenvalue weighted by Gasteiger charge is -2.15. The molecule has 1 amide bonds. The molecular weight excluding hydrogens is 285 g/mol. The van der Waals surface area contributed by atoms with Crippen molar-refractivity contribution < 1.29 is 23.1 Å². The molecule has 0 saturated carbocycles. The summed E-state index contributed by atoms with van der Waals surface area (Å²) in [6.45, 7) is 1.66. The number of rotatable bonds is 4. The summed E-state index contributed by atoms with van der Waals surface area (Å²) in [6.07, 6.45) is -7.29. The number of aliphatic hydroxyl groups excluding tert-OH is 1. The predicted octanol–water partition coefficient (Wildman–Crippen LogP) is 2.42. The van der Waals surface area contributed by atoms with E-state index in [1.54, 1.807) is 22.8 Å². The quantitative estimate of drug-likeness (QED) is 0.910. The second-order valence-electron chi connectivity index (χ2n) is 4.83. The van der Waals surface area contributed by atoms with Crippen molar-refractivity contribution in [3.05, 3.63) is 35.5 Å². The molecule has 114 valence electrons. The maximum Gasteiger partial charge on any atom is 0.418 e. The Kier molecular flexibility index (Phi) is 3.95. The number of hydrogen-bond acceptors (Lipinski definition) is 2. The van der Waals surface area contributed by atoms with Gasteiger partial charge in [0.25, 0.3) is 0 Å². The van der Waals surface area contributed by atoms with Crippen LogP contribution in [0.4, 0.5) is 13.2 Å². The molecular formula is C14H15F3N2O2. The van der Waals surface area contributed by atoms with E-state index >= 15 is 0 Å². The first-order valence-electron chi connectivity index (χ1n) is 6.34. The van der Waals surface area contributed by atoms with Crippen LogP contribution in [-0.2, 0) is 11.3 Å². The van der Waals surface area contributed by atoms with Crippen molar-refractivity contribution in [2.24, 2.45) is 5.73 Å². The number of fused-ring (bicyclic) bond motifs is 1. The summed E-state index contributed by atoms with van der Waals surface area (Å²) >= 11 is 0. The minimum Gasteiger partial charge on any atom is -0.379 e. The largest absolute Gasteiger partial charge is 0.418 e. The SMILES string of the molecule is Cc1c(C(O)C(F)(F)F)c2ccccc2n1CCC(N)=O. The molecule has 0 aliphatic heterocycles. The molecule has 0 spiro atoms. The molecule has 2 rings (SSSR count). The van der Waals surface area contributed by atoms with E-state index in [0.717, 1.165) is 0 Å². The third kappa shape index (κ3) is 2.87. The number of carbonyl (C=O) groups excluding carboxylic acids is 1. The summed E-state index contributed by atoms with van der Waals surface area (Å²) in [6, 6.07) is 6.46. The van der Waals surface area contributed by atoms with Crippen LogP contribution in [0.25, 0.3) is 10.9 Å². The minimum absolute atomic E-state index is 0.0149. The molecule has 0 fully saturated rings. The van der Waals surface area contributed by atoms with Gasteiger partial charge >= 0.3 is 6.18 Å². The zero-order chi connectivity index (χ0) is 15.8. The van der Waals surface area contributed by atoms with Gasteiger partial charge in [-0.15, -0.1) is 0 Å². The number of alkyl halides is 3. The monoisotopic (exact) mass is 300 g/mol. The lowest BCUT2D eigenvalue weighted by Crippen LogP contribution is -2.21. The molecule has 0 aliphatic rings. The van der Waals surface area contributed by atoms with Gasteiger partial charge in [0.1, 0.15) is 0 Å². The second kappa shape index (κ2) is 5.40. The number of hydrogen-bond donors (Lipinski definition) is 2. The van der Waals surface area contributed by atoms with Crippen LogP contribution in [0.1, 0.15) is 23.8 Å². The van der Waals surface area contributed by atoms with E-state index in [0.29, 0.717) is 10.9 Å². The van der Waals surface area contributed by atoms with Gasteiger partial charge in [-0.2, -0.15) is 13.2 Å². The molecule has 1 aromatic carbocycles. The number of aliphatic hydroxyl groups is 1. The van der Waals surface area contributed by atoms with Gasteiger partial charge in [-0.1, -0.05) is 18.2 Å². The maximum absolute atomic E-state index is 12.8. The molecule has 0 aliphatic carbocycles. The van der Waals surface area contributed by atoms with Gasteiger partial charge in [-0.05, 0) is 13.0 Å². The topological polar surface area (TPSA) is 68.2 Å². The number of para-hydroxylation sites is 1. The molecule has 1 unspecified atom stereocenters. The van der Waals surface area contributed by atoms with Crippen LogP contribution >= 0.6 is 0 Å². The fraction of sp³-hybridized carbons (Fsp3) is 0.357. The fourth-order valence-corrected chi connectivity index (χ4v) is 2.48. The molecule has 1 heterocycles. The molecule has 7 heteroatoms. The molecule has 2 aromatic rings. The summed E-state index contributed by atoms with van der Waals surface area (Å²) in [7, 11) is 0. The van der Waals surface area contributed by atoms with E-state index in [4.69, 9.17) is 5.73 Å². The molecule has 1 atom stereocenters. The highest BCUT2D eigenvalue weighted by Crippen LogP contribution is 2.39. The Labute approximate surface area is 119 Å². The lowest BCUT2D eigenvalue weighted by molar-refractivity contribution is -0.206. The molecule has 21 heavy (non-hydrogen) atoms. The Morgan fingerprint density at radius 1 is 1.38 bits per heavy atom. The highest BCUT2D eigenvalue weighted by atomic mass is 19.4. The Bertz CT molecular complexity index is 677. The van der Waals surface area contributed by atoms with Gasteiger partial charge in [0.2, 0.25) is 5.91 Å². The summed E-state index contributed by atoms with van der Waals surface area (Å²) in [5, 5.41) is 9.92. The van der Waals surface area contributed by atoms with Gasteiger partial charge in [0.15, 0.2) is 6.10 Å². The van der Waals surface area contributed by atoms with Crippen molar-refractivity contribution >= 4 is 16.8 Å². The van der Waals surface area contributed by atoms with Crippen LogP contribution in [0, 0.1) is 6.92 Å². The fourth-order valence-electron chi connectivity index (χ4n) is 2.48. The Morgan fingerprint density at radius 3 is 2.57 bits per heavy atom. The smallest absolute Gasteiger partial charge is 0.379 e. The molecule has 3 N–H and O–H groups in total. The second-order valence-corrected chi connectivity index (χ2v) is 4.83. The van der Waals surface area contributed by atoms with E-state index < -0.39 is 18.2 Å². The number of nitrogens with zero attached hydrogens (tertiary/aromatic N) is 1. The third-order valence-corrected chi connectivity index (χ3v) is 3.44. The van der Waals surface area contributed by atoms with E-state index in [-0.39, 0.29) is 24.2 Å². The van der Waals surface area contributed by atoms with Crippen molar-refractivity contribution in [2.75, 3.05) is 0 Å². The Morgan fingerprint density at radius 2 is 2.00 bits per heavy atom. The highest BCUT2D eigenvalue weighted by molar-refractivity contribution is 5.86. The zero-order valence-corrected chi connectivity index (χ0v) is 11.3. The first-order chi connectivity index (χ1) is 9.73. The summed E-state index contributed by atoms with van der Waals surface area (Å²) in [4.78, 5) is 10.9. The van der Waals surface area contributed by atoms with Crippen LogP contribution in [0.15, 0.2) is 24.3 Å². The first kappa shape index (κ1) is 15.4. The standard InChI is InChI=1S/C14H15F3N2O2/c1-8-12(13(21)14(15,16)17)9-4-2-3-5-10(9)19(8)7-6-11(18)20/h2-5,13,21H,6-7H2,1H3,(H2,18,20). The van der Waals surface area contributed by atoms with E-state index in [1.165, 1.54) is 13.0 Å². The molecule has 4 nitrogen and oxygen atoms in total. The van der Waals surface area contributed by atoms with Gasteiger partial charge in [-0.25, -0.2) is 0 Å². The number of benzene rings is 1. The van der Waals surface area contributed by atoms with Crippen molar-refractivity contribution in [3.8, 4) is 0 Å². The van der Waals surface area contributed by atoms with Gasteiger partial charge in [0.05, 0.1) is 0 Å². The van der Waals surface area contributed by atoms with Crippen molar-refractivity contribution in [1.82, 2.24) is 4.57 Å². The van der Waals surface area contributed by atoms with Crippen LogP contribution in [0.5, 0.6) is 0 Å². The highest BCUT2D eigenvalue weighted by Gasteiger charge is 2.42. The van der Waals surface area contributed by atoms with Crippen LogP contribution in [-0.4, -0.2) is 21.8 Å². The van der Waals surface area contributed by atoms with Gasteiger partial charge < -0.3 is 15.4 Å². The molecule has 0 saturated heterocycles. The summed E-state index contributed by atoms with van der Waals surface area (Å²) < 4.78 is 40.1. The van der Waals surface area contributed by atoms with Crippen molar-refractivity contribution in [3.63, 3.8) is 0 Å². The molecule has 1 aromatic heterocycles. The average molecular weight is 300 g/mol. The normalized spacial score (nSPS) is 13.6. The molecule has 0 radical (unpaired) electrons. The number of halogens is 3. The summed E-state index contributed by atoms with van der Waals surface area (Å²) in [5.41, 5.74) is 5.73. The number of carbonyl (C=O) groups is 1. The lowest BCUT2D eigenvalue weighted by atomic mass is 10.1. The van der Waals surface area contributed by atoms with E-state index in [1.807, 2.05) is 0 Å². The van der Waals surface area contributed by atoms with E-state index in [2.05, 4.69) is 0 Å². The van der Waals surface area contributed by atoms with Crippen LogP contribution in [0.3, 0.4) is 0 Å². The zero-order valence-electron chi connectivity index (χ0n) is 11.3. The van der Waals surface area contributed by atoms with Crippen LogP contribution < -0.4 is 5.73 Å². The third-order valence-electron chi connectivity index (χ3n) is 3.44. The van der Waals surface area contributed by atoms with Gasteiger partial charge in [0, 0.05) is 35.1 Å². The maximum atomic E-state index is 12.8. The number of aryl methyl sites for hydroxylation is 1. The Balaban J connectivity index is 2.61. The Hall–Kier alpha value is -2.02. The van der Waals surface area contributed by atoms with E-state index in [9.17, 15) is 23.1 Å². The minimum atomic E-state index is -4.75. The number of primary amides is 1. The number of amides is 1. The van der Waals surface area contributed by atoms with Crippen molar-refractivity contribution in [2.45, 2.75) is 32.2 Å². The average Bonchev–Trinajstić information content (AvgIpc) is 2.66. The van der Waals surface area contributed by atoms with Crippen molar-refractivity contribution in [1.29, 1.82) is 0 Å². The van der Waals surface area contributed by atoms with Gasteiger partial charge in [-0.3, -0.25) is 4.79 Å². The molecule has 0 bridgehead atoms. The first-order valence-corrected chi connectivity index (χ1v) is 6.34. The number of aromatic nitrogens is 1. The summed E-state index contributed by atoms with van der Waals surface area (Å²) in [5.74, 6) is -0.537.